The summed E-state index contributed by atoms with van der Waals surface area (Å²) in [5.74, 6) is 1.47. The van der Waals surface area contributed by atoms with E-state index in [9.17, 15) is 0 Å². The lowest BCUT2D eigenvalue weighted by Gasteiger charge is -2.27. The number of aryl methyl sites for hydroxylation is 1. The van der Waals surface area contributed by atoms with E-state index in [4.69, 9.17) is 16.3 Å². The summed E-state index contributed by atoms with van der Waals surface area (Å²) in [6.07, 6.45) is 2.46. The third-order valence-corrected chi connectivity index (χ3v) is 4.31. The van der Waals surface area contributed by atoms with Crippen LogP contribution >= 0.6 is 11.6 Å². The van der Waals surface area contributed by atoms with E-state index >= 15 is 0 Å². The fourth-order valence-electron chi connectivity index (χ4n) is 3.24. The molecule has 0 amide bonds. The smallest absolute Gasteiger partial charge is 0.131 e. The second-order valence-corrected chi connectivity index (χ2v) is 5.50. The van der Waals surface area contributed by atoms with Crippen molar-refractivity contribution in [2.24, 2.45) is 0 Å². The molecule has 0 fully saturated rings. The van der Waals surface area contributed by atoms with Crippen LogP contribution in [0.4, 0.5) is 0 Å². The SMILES string of the molecule is Clc1ccc2c(c1)[C@@H]1CCc3ccccc3[C@@H]1O2. The van der Waals surface area contributed by atoms with E-state index < -0.39 is 0 Å². The Bertz CT molecular complexity index is 620. The van der Waals surface area contributed by atoms with Crippen LogP contribution in [-0.4, -0.2) is 0 Å². The highest BCUT2D eigenvalue weighted by atomic mass is 35.5. The Kier molecular flexibility index (Phi) is 2.18. The molecule has 2 aromatic carbocycles. The average Bonchev–Trinajstić information content (AvgIpc) is 2.77. The first-order valence-electron chi connectivity index (χ1n) is 6.37. The summed E-state index contributed by atoms with van der Waals surface area (Å²) in [6.45, 7) is 0. The molecule has 2 atom stereocenters. The van der Waals surface area contributed by atoms with Crippen molar-refractivity contribution in [2.45, 2.75) is 24.9 Å². The highest BCUT2D eigenvalue weighted by Gasteiger charge is 2.38. The molecule has 2 aliphatic rings. The molecule has 0 spiro atoms. The zero-order valence-electron chi connectivity index (χ0n) is 9.90. The van der Waals surface area contributed by atoms with Gasteiger partial charge in [0.25, 0.3) is 0 Å². The van der Waals surface area contributed by atoms with Gasteiger partial charge in [0.1, 0.15) is 11.9 Å². The van der Waals surface area contributed by atoms with Gasteiger partial charge in [0.15, 0.2) is 0 Å². The molecule has 0 aromatic heterocycles. The van der Waals surface area contributed by atoms with E-state index in [-0.39, 0.29) is 6.10 Å². The largest absolute Gasteiger partial charge is 0.485 e. The molecule has 0 saturated heterocycles. The first-order chi connectivity index (χ1) is 8.83. The van der Waals surface area contributed by atoms with Crippen LogP contribution < -0.4 is 4.74 Å². The summed E-state index contributed by atoms with van der Waals surface area (Å²) in [7, 11) is 0. The molecule has 1 heterocycles. The van der Waals surface area contributed by atoms with Gasteiger partial charge in [-0.25, -0.2) is 0 Å². The number of ether oxygens (including phenoxy) is 1. The average molecular weight is 257 g/mol. The molecule has 0 bridgehead atoms. The quantitative estimate of drug-likeness (QED) is 0.674. The van der Waals surface area contributed by atoms with Crippen molar-refractivity contribution in [3.63, 3.8) is 0 Å². The van der Waals surface area contributed by atoms with Crippen molar-refractivity contribution in [2.75, 3.05) is 0 Å². The molecule has 0 saturated carbocycles. The fourth-order valence-corrected chi connectivity index (χ4v) is 3.42. The standard InChI is InChI=1S/C16H13ClO/c17-11-6-8-15-14(9-11)13-7-5-10-3-1-2-4-12(10)16(13)18-15/h1-4,6,8-9,13,16H,5,7H2/t13-,16-/m0/s1. The maximum atomic E-state index is 6.13. The summed E-state index contributed by atoms with van der Waals surface area (Å²) in [6, 6.07) is 14.6. The molecule has 1 nitrogen and oxygen atoms in total. The van der Waals surface area contributed by atoms with Crippen molar-refractivity contribution in [1.29, 1.82) is 0 Å². The molecule has 1 aliphatic carbocycles. The van der Waals surface area contributed by atoms with E-state index in [2.05, 4.69) is 30.3 Å². The van der Waals surface area contributed by atoms with E-state index in [1.165, 1.54) is 16.7 Å². The van der Waals surface area contributed by atoms with Gasteiger partial charge in [0.05, 0.1) is 0 Å². The van der Waals surface area contributed by atoms with Crippen molar-refractivity contribution in [3.05, 3.63) is 64.2 Å². The Labute approximate surface area is 111 Å². The lowest BCUT2D eigenvalue weighted by molar-refractivity contribution is 0.195. The van der Waals surface area contributed by atoms with Gasteiger partial charge in [-0.15, -0.1) is 0 Å². The lowest BCUT2D eigenvalue weighted by Crippen LogP contribution is -2.18. The zero-order valence-corrected chi connectivity index (χ0v) is 10.7. The van der Waals surface area contributed by atoms with Gasteiger partial charge in [0, 0.05) is 16.5 Å². The van der Waals surface area contributed by atoms with Crippen LogP contribution in [0.1, 0.15) is 35.1 Å². The molecule has 2 heteroatoms. The molecule has 90 valence electrons. The zero-order chi connectivity index (χ0) is 12.1. The molecular formula is C16H13ClO. The number of hydrogen-bond donors (Lipinski definition) is 0. The van der Waals surface area contributed by atoms with Crippen LogP contribution in [0.3, 0.4) is 0 Å². The van der Waals surface area contributed by atoms with Gasteiger partial charge in [-0.3, -0.25) is 0 Å². The third kappa shape index (κ3) is 1.40. The van der Waals surface area contributed by atoms with Gasteiger partial charge in [-0.05, 0) is 42.2 Å². The van der Waals surface area contributed by atoms with Gasteiger partial charge in [-0.2, -0.15) is 0 Å². The van der Waals surface area contributed by atoms with Crippen molar-refractivity contribution in [3.8, 4) is 5.75 Å². The summed E-state index contributed by atoms with van der Waals surface area (Å²) >= 11 is 6.10. The monoisotopic (exact) mass is 256 g/mol. The molecule has 0 N–H and O–H groups in total. The fraction of sp³-hybridized carbons (Fsp3) is 0.250. The molecule has 1 aliphatic heterocycles. The Hall–Kier alpha value is -1.47. The minimum Gasteiger partial charge on any atom is -0.485 e. The Morgan fingerprint density at radius 1 is 1.06 bits per heavy atom. The van der Waals surface area contributed by atoms with Crippen molar-refractivity contribution >= 4 is 11.6 Å². The maximum Gasteiger partial charge on any atom is 0.131 e. The van der Waals surface area contributed by atoms with E-state index in [1.54, 1.807) is 0 Å². The van der Waals surface area contributed by atoms with Gasteiger partial charge in [0.2, 0.25) is 0 Å². The number of halogens is 1. The molecule has 0 unspecified atom stereocenters. The highest BCUT2D eigenvalue weighted by Crippen LogP contribution is 2.51. The first-order valence-corrected chi connectivity index (χ1v) is 6.74. The summed E-state index contributed by atoms with van der Waals surface area (Å²) in [5.41, 5.74) is 4.06. The van der Waals surface area contributed by atoms with E-state index in [0.29, 0.717) is 5.92 Å². The number of rotatable bonds is 0. The minimum absolute atomic E-state index is 0.184. The number of fused-ring (bicyclic) bond motifs is 5. The van der Waals surface area contributed by atoms with Crippen molar-refractivity contribution in [1.82, 2.24) is 0 Å². The normalized spacial score (nSPS) is 23.8. The van der Waals surface area contributed by atoms with Crippen LogP contribution in [0, 0.1) is 0 Å². The van der Waals surface area contributed by atoms with E-state index in [1.807, 2.05) is 12.1 Å². The summed E-state index contributed by atoms with van der Waals surface area (Å²) in [5, 5.41) is 0.803. The Balaban J connectivity index is 1.84. The van der Waals surface area contributed by atoms with E-state index in [0.717, 1.165) is 23.6 Å². The van der Waals surface area contributed by atoms with Crippen LogP contribution in [0.15, 0.2) is 42.5 Å². The number of benzene rings is 2. The predicted octanol–water partition coefficient (Wildman–Crippen LogP) is 4.50. The predicted molar refractivity (Wildman–Crippen MR) is 72.3 cm³/mol. The van der Waals surface area contributed by atoms with Gasteiger partial charge < -0.3 is 4.74 Å². The molecule has 4 rings (SSSR count). The summed E-state index contributed by atoms with van der Waals surface area (Å²) in [4.78, 5) is 0. The minimum atomic E-state index is 0.184. The second-order valence-electron chi connectivity index (χ2n) is 5.06. The molecule has 18 heavy (non-hydrogen) atoms. The number of hydrogen-bond acceptors (Lipinski definition) is 1. The van der Waals surface area contributed by atoms with Crippen molar-refractivity contribution < 1.29 is 4.74 Å². The molecular weight excluding hydrogens is 244 g/mol. The second kappa shape index (κ2) is 3.76. The highest BCUT2D eigenvalue weighted by molar-refractivity contribution is 6.30. The lowest BCUT2D eigenvalue weighted by atomic mass is 9.79. The van der Waals surface area contributed by atoms with Crippen LogP contribution in [-0.2, 0) is 6.42 Å². The van der Waals surface area contributed by atoms with Crippen LogP contribution in [0.25, 0.3) is 0 Å². The maximum absolute atomic E-state index is 6.13. The Morgan fingerprint density at radius 3 is 2.89 bits per heavy atom. The summed E-state index contributed by atoms with van der Waals surface area (Å²) < 4.78 is 6.13. The van der Waals surface area contributed by atoms with Gasteiger partial charge >= 0.3 is 0 Å². The van der Waals surface area contributed by atoms with Crippen LogP contribution in [0.2, 0.25) is 5.02 Å². The Morgan fingerprint density at radius 2 is 1.94 bits per heavy atom. The van der Waals surface area contributed by atoms with Crippen LogP contribution in [0.5, 0.6) is 5.75 Å². The first kappa shape index (κ1) is 10.5. The molecule has 0 radical (unpaired) electrons. The third-order valence-electron chi connectivity index (χ3n) is 4.08. The molecule has 2 aromatic rings. The topological polar surface area (TPSA) is 9.23 Å². The van der Waals surface area contributed by atoms with Gasteiger partial charge in [-0.1, -0.05) is 35.9 Å².